The van der Waals surface area contributed by atoms with Crippen molar-refractivity contribution in [2.45, 2.75) is 6.92 Å². The van der Waals surface area contributed by atoms with Gasteiger partial charge in [0.25, 0.3) is 0 Å². The van der Waals surface area contributed by atoms with Crippen LogP contribution in [0.5, 0.6) is 0 Å². The molecule has 58 valence electrons. The summed E-state index contributed by atoms with van der Waals surface area (Å²) in [6.07, 6.45) is 0. The third-order valence-electron chi connectivity index (χ3n) is 1.37. The van der Waals surface area contributed by atoms with Gasteiger partial charge in [-0.25, -0.2) is 0 Å². The van der Waals surface area contributed by atoms with Crippen molar-refractivity contribution in [2.24, 2.45) is 0 Å². The van der Waals surface area contributed by atoms with Crippen molar-refractivity contribution >= 4 is 27.4 Å². The van der Waals surface area contributed by atoms with Crippen LogP contribution in [0.15, 0.2) is 22.7 Å². The number of rotatable bonds is 1. The van der Waals surface area contributed by atoms with E-state index in [2.05, 4.69) is 15.9 Å². The van der Waals surface area contributed by atoms with Crippen molar-refractivity contribution in [1.82, 2.24) is 0 Å². The van der Waals surface area contributed by atoms with Gasteiger partial charge in [-0.2, -0.15) is 0 Å². The molecule has 0 saturated carbocycles. The first kappa shape index (κ1) is 8.27. The summed E-state index contributed by atoms with van der Waals surface area (Å²) in [4.78, 5) is 10.9. The Bertz CT molecular complexity index is 296. The molecule has 0 heterocycles. The Morgan fingerprint density at radius 3 is 2.64 bits per heavy atom. The highest BCUT2D eigenvalue weighted by Crippen LogP contribution is 2.19. The molecular weight excluding hydrogens is 206 g/mol. The lowest BCUT2D eigenvalue weighted by Crippen LogP contribution is -1.95. The second kappa shape index (κ2) is 3.05. The fourth-order valence-electron chi connectivity index (χ4n) is 0.813. The monoisotopic (exact) mass is 213 g/mol. The molecule has 0 spiro atoms. The minimum absolute atomic E-state index is 0.0178. The van der Waals surface area contributed by atoms with E-state index in [0.29, 0.717) is 11.3 Å². The second-order valence-electron chi connectivity index (χ2n) is 2.30. The van der Waals surface area contributed by atoms with Crippen LogP contribution in [0.4, 0.5) is 5.69 Å². The summed E-state index contributed by atoms with van der Waals surface area (Å²) in [5.74, 6) is 0.0178. The van der Waals surface area contributed by atoms with Gasteiger partial charge in [-0.15, -0.1) is 0 Å². The summed E-state index contributed by atoms with van der Waals surface area (Å²) >= 11 is 3.25. The first-order chi connectivity index (χ1) is 5.11. The van der Waals surface area contributed by atoms with Gasteiger partial charge < -0.3 is 5.73 Å². The Balaban J connectivity index is 3.23. The molecular formula is C8H8BrNO. The molecule has 0 bridgehead atoms. The van der Waals surface area contributed by atoms with E-state index in [1.54, 1.807) is 18.2 Å². The fraction of sp³-hybridized carbons (Fsp3) is 0.125. The van der Waals surface area contributed by atoms with Crippen LogP contribution in [0.1, 0.15) is 17.3 Å². The van der Waals surface area contributed by atoms with E-state index in [0.717, 1.165) is 4.47 Å². The molecule has 1 aromatic rings. The average Bonchev–Trinajstić information content (AvgIpc) is 1.94. The summed E-state index contributed by atoms with van der Waals surface area (Å²) in [6.45, 7) is 1.51. The second-order valence-corrected chi connectivity index (χ2v) is 3.15. The average molecular weight is 214 g/mol. The summed E-state index contributed by atoms with van der Waals surface area (Å²) in [7, 11) is 0. The predicted octanol–water partition coefficient (Wildman–Crippen LogP) is 2.23. The number of nitrogen functional groups attached to an aromatic ring is 1. The number of hydrogen-bond acceptors (Lipinski definition) is 2. The number of benzene rings is 1. The minimum Gasteiger partial charge on any atom is -0.399 e. The van der Waals surface area contributed by atoms with E-state index in [4.69, 9.17) is 5.73 Å². The van der Waals surface area contributed by atoms with E-state index < -0.39 is 0 Å². The minimum atomic E-state index is 0.0178. The summed E-state index contributed by atoms with van der Waals surface area (Å²) in [5.41, 5.74) is 6.73. The number of carbonyl (C=O) groups excluding carboxylic acids is 1. The first-order valence-electron chi connectivity index (χ1n) is 3.17. The van der Waals surface area contributed by atoms with E-state index in [1.807, 2.05) is 0 Å². The fourth-order valence-corrected chi connectivity index (χ4v) is 1.34. The molecule has 0 fully saturated rings. The maximum atomic E-state index is 10.9. The highest BCUT2D eigenvalue weighted by molar-refractivity contribution is 9.10. The van der Waals surface area contributed by atoms with Gasteiger partial charge in [0, 0.05) is 15.7 Å². The van der Waals surface area contributed by atoms with E-state index >= 15 is 0 Å². The number of nitrogens with two attached hydrogens (primary N) is 1. The molecule has 2 nitrogen and oxygen atoms in total. The normalized spacial score (nSPS) is 9.64. The zero-order valence-electron chi connectivity index (χ0n) is 6.10. The first-order valence-corrected chi connectivity index (χ1v) is 3.96. The largest absolute Gasteiger partial charge is 0.399 e. The zero-order valence-corrected chi connectivity index (χ0v) is 7.68. The number of hydrogen-bond donors (Lipinski definition) is 1. The van der Waals surface area contributed by atoms with Crippen molar-refractivity contribution in [1.29, 1.82) is 0 Å². The molecule has 0 atom stereocenters. The topological polar surface area (TPSA) is 43.1 Å². The van der Waals surface area contributed by atoms with Gasteiger partial charge in [0.2, 0.25) is 0 Å². The summed E-state index contributed by atoms with van der Waals surface area (Å²) in [5, 5.41) is 0. The Morgan fingerprint density at radius 2 is 2.18 bits per heavy atom. The van der Waals surface area contributed by atoms with Crippen LogP contribution < -0.4 is 5.73 Å². The molecule has 1 rings (SSSR count). The lowest BCUT2D eigenvalue weighted by atomic mass is 10.1. The van der Waals surface area contributed by atoms with Gasteiger partial charge in [-0.3, -0.25) is 4.79 Å². The quantitative estimate of drug-likeness (QED) is 0.575. The molecule has 0 radical (unpaired) electrons. The van der Waals surface area contributed by atoms with Crippen molar-refractivity contribution in [3.8, 4) is 0 Å². The molecule has 0 saturated heterocycles. The van der Waals surface area contributed by atoms with Crippen molar-refractivity contribution in [3.05, 3.63) is 28.2 Å². The number of Topliss-reactive ketones (excluding diaryl/α,β-unsaturated/α-hetero) is 1. The Labute approximate surface area is 73.5 Å². The van der Waals surface area contributed by atoms with Crippen LogP contribution >= 0.6 is 15.9 Å². The Kier molecular flexibility index (Phi) is 2.29. The SMILES string of the molecule is CC(=O)c1cc(N)ccc1Br. The van der Waals surface area contributed by atoms with Crippen LogP contribution in [0.25, 0.3) is 0 Å². The van der Waals surface area contributed by atoms with Crippen LogP contribution in [0, 0.1) is 0 Å². The molecule has 2 N–H and O–H groups in total. The standard InChI is InChI=1S/C8H8BrNO/c1-5(11)7-4-6(10)2-3-8(7)9/h2-4H,10H2,1H3. The van der Waals surface area contributed by atoms with Crippen LogP contribution in [0.3, 0.4) is 0 Å². The molecule has 0 amide bonds. The predicted molar refractivity (Wildman–Crippen MR) is 48.6 cm³/mol. The molecule has 0 aliphatic heterocycles. The molecule has 3 heteroatoms. The van der Waals surface area contributed by atoms with Gasteiger partial charge in [0.1, 0.15) is 0 Å². The number of anilines is 1. The molecule has 0 aliphatic rings. The number of halogens is 1. The Morgan fingerprint density at radius 1 is 1.55 bits per heavy atom. The van der Waals surface area contributed by atoms with E-state index in [9.17, 15) is 4.79 Å². The highest BCUT2D eigenvalue weighted by atomic mass is 79.9. The summed E-state index contributed by atoms with van der Waals surface area (Å²) in [6, 6.07) is 5.18. The summed E-state index contributed by atoms with van der Waals surface area (Å²) < 4.78 is 0.791. The molecule has 0 aliphatic carbocycles. The van der Waals surface area contributed by atoms with E-state index in [1.165, 1.54) is 6.92 Å². The third kappa shape index (κ3) is 1.80. The van der Waals surface area contributed by atoms with Gasteiger partial charge in [-0.05, 0) is 25.1 Å². The molecule has 11 heavy (non-hydrogen) atoms. The Hall–Kier alpha value is -0.830. The van der Waals surface area contributed by atoms with Gasteiger partial charge >= 0.3 is 0 Å². The van der Waals surface area contributed by atoms with Gasteiger partial charge in [0.15, 0.2) is 5.78 Å². The van der Waals surface area contributed by atoms with Crippen LogP contribution in [-0.4, -0.2) is 5.78 Å². The van der Waals surface area contributed by atoms with Gasteiger partial charge in [0.05, 0.1) is 0 Å². The lowest BCUT2D eigenvalue weighted by molar-refractivity contribution is 0.101. The molecule has 0 aromatic heterocycles. The maximum absolute atomic E-state index is 10.9. The number of ketones is 1. The zero-order chi connectivity index (χ0) is 8.43. The van der Waals surface area contributed by atoms with Crippen molar-refractivity contribution in [3.63, 3.8) is 0 Å². The number of carbonyl (C=O) groups is 1. The van der Waals surface area contributed by atoms with Crippen LogP contribution in [-0.2, 0) is 0 Å². The van der Waals surface area contributed by atoms with E-state index in [-0.39, 0.29) is 5.78 Å². The van der Waals surface area contributed by atoms with Gasteiger partial charge in [-0.1, -0.05) is 15.9 Å². The maximum Gasteiger partial charge on any atom is 0.161 e. The third-order valence-corrected chi connectivity index (χ3v) is 2.06. The van der Waals surface area contributed by atoms with Crippen molar-refractivity contribution < 1.29 is 4.79 Å². The lowest BCUT2D eigenvalue weighted by Gasteiger charge is -2.00. The highest BCUT2D eigenvalue weighted by Gasteiger charge is 2.03. The van der Waals surface area contributed by atoms with Crippen molar-refractivity contribution in [2.75, 3.05) is 5.73 Å². The molecule has 1 aromatic carbocycles. The molecule has 0 unspecified atom stereocenters. The smallest absolute Gasteiger partial charge is 0.161 e. The van der Waals surface area contributed by atoms with Crippen LogP contribution in [0.2, 0.25) is 0 Å².